The molecule has 2 aliphatic heterocycles. The molecule has 0 radical (unpaired) electrons. The molecular formula is C19H23FN4O2. The molecule has 4 rings (SSSR count). The van der Waals surface area contributed by atoms with Crippen molar-refractivity contribution >= 4 is 11.6 Å². The predicted molar refractivity (Wildman–Crippen MR) is 95.6 cm³/mol. The van der Waals surface area contributed by atoms with E-state index in [4.69, 9.17) is 4.74 Å². The number of rotatable bonds is 2. The first-order valence-corrected chi connectivity index (χ1v) is 9.02. The maximum absolute atomic E-state index is 13.7. The number of aromatic amines is 1. The lowest BCUT2D eigenvalue weighted by Crippen LogP contribution is -2.52. The Morgan fingerprint density at radius 1 is 1.27 bits per heavy atom. The van der Waals surface area contributed by atoms with Gasteiger partial charge in [-0.1, -0.05) is 6.07 Å². The molecule has 1 aromatic heterocycles. The molecule has 2 saturated heterocycles. The van der Waals surface area contributed by atoms with E-state index >= 15 is 0 Å². The van der Waals surface area contributed by atoms with Gasteiger partial charge in [-0.25, -0.2) is 4.39 Å². The Kier molecular flexibility index (Phi) is 4.63. The van der Waals surface area contributed by atoms with E-state index in [2.05, 4.69) is 15.1 Å². The van der Waals surface area contributed by atoms with Crippen LogP contribution in [0.15, 0.2) is 36.5 Å². The molecule has 0 saturated carbocycles. The van der Waals surface area contributed by atoms with Crippen LogP contribution in [0, 0.1) is 11.2 Å². The van der Waals surface area contributed by atoms with Crippen molar-refractivity contribution in [1.82, 2.24) is 15.1 Å². The number of halogens is 1. The molecule has 1 spiro atoms. The Bertz CT molecular complexity index is 767. The summed E-state index contributed by atoms with van der Waals surface area (Å²) in [5, 5.41) is 6.63. The van der Waals surface area contributed by atoms with Crippen molar-refractivity contribution in [3.63, 3.8) is 0 Å². The third-order valence-corrected chi connectivity index (χ3v) is 5.29. The normalized spacial score (nSPS) is 23.9. The molecule has 1 N–H and O–H groups in total. The standard InChI is InChI=1S/C19H23FN4O2/c20-15-3-1-4-16(11-15)23-9-10-26-14-19(12-23)6-2-8-24(13-19)18(25)17-5-7-21-22-17/h1,3-5,7,11H,2,6,8-10,12-14H2,(H,21,22). The summed E-state index contributed by atoms with van der Waals surface area (Å²) < 4.78 is 19.6. The number of nitrogens with one attached hydrogen (secondary N) is 1. The average Bonchev–Trinajstić information content (AvgIpc) is 3.11. The smallest absolute Gasteiger partial charge is 0.271 e. The third kappa shape index (κ3) is 3.44. The average molecular weight is 358 g/mol. The van der Waals surface area contributed by atoms with Gasteiger partial charge in [0.25, 0.3) is 5.91 Å². The second kappa shape index (κ2) is 7.07. The van der Waals surface area contributed by atoms with E-state index in [9.17, 15) is 9.18 Å². The number of carbonyl (C=O) groups is 1. The molecule has 0 aliphatic carbocycles. The molecule has 1 amide bonds. The van der Waals surface area contributed by atoms with Gasteiger partial charge in [-0.15, -0.1) is 0 Å². The lowest BCUT2D eigenvalue weighted by Gasteiger charge is -2.43. The number of ether oxygens (including phenoxy) is 1. The van der Waals surface area contributed by atoms with Gasteiger partial charge >= 0.3 is 0 Å². The quantitative estimate of drug-likeness (QED) is 0.895. The van der Waals surface area contributed by atoms with Crippen LogP contribution in [0.4, 0.5) is 10.1 Å². The minimum atomic E-state index is -0.235. The molecule has 138 valence electrons. The molecule has 2 aromatic rings. The Hall–Kier alpha value is -2.41. The maximum atomic E-state index is 13.7. The minimum Gasteiger partial charge on any atom is -0.379 e. The molecule has 3 heterocycles. The number of carbonyl (C=O) groups excluding carboxylic acids is 1. The molecule has 7 heteroatoms. The summed E-state index contributed by atoms with van der Waals surface area (Å²) in [6.45, 7) is 4.07. The Morgan fingerprint density at radius 2 is 2.19 bits per heavy atom. The molecule has 26 heavy (non-hydrogen) atoms. The Balaban J connectivity index is 1.54. The van der Waals surface area contributed by atoms with Crippen LogP contribution in [0.2, 0.25) is 0 Å². The number of aromatic nitrogens is 2. The number of hydrogen-bond acceptors (Lipinski definition) is 4. The van der Waals surface area contributed by atoms with Gasteiger partial charge in [-0.2, -0.15) is 5.10 Å². The van der Waals surface area contributed by atoms with Gasteiger partial charge in [0.1, 0.15) is 11.5 Å². The maximum Gasteiger partial charge on any atom is 0.271 e. The minimum absolute atomic E-state index is 0.0249. The number of hydrogen-bond donors (Lipinski definition) is 1. The zero-order chi connectivity index (χ0) is 18.0. The van der Waals surface area contributed by atoms with Crippen molar-refractivity contribution in [2.75, 3.05) is 44.3 Å². The summed E-state index contributed by atoms with van der Waals surface area (Å²) in [5.74, 6) is -0.260. The highest BCUT2D eigenvalue weighted by molar-refractivity contribution is 5.92. The number of likely N-dealkylation sites (tertiary alicyclic amines) is 1. The first kappa shape index (κ1) is 17.0. The molecule has 0 bridgehead atoms. The summed E-state index contributed by atoms with van der Waals surface area (Å²) >= 11 is 0. The topological polar surface area (TPSA) is 61.5 Å². The highest BCUT2D eigenvalue weighted by atomic mass is 19.1. The van der Waals surface area contributed by atoms with Crippen molar-refractivity contribution in [2.24, 2.45) is 5.41 Å². The van der Waals surface area contributed by atoms with Gasteiger partial charge in [-0.05, 0) is 37.1 Å². The molecule has 1 atom stereocenters. The summed E-state index contributed by atoms with van der Waals surface area (Å²) in [5.41, 5.74) is 1.24. The van der Waals surface area contributed by atoms with Crippen LogP contribution in [-0.2, 0) is 4.74 Å². The number of benzene rings is 1. The molecule has 1 aromatic carbocycles. The van der Waals surface area contributed by atoms with E-state index in [0.29, 0.717) is 25.5 Å². The van der Waals surface area contributed by atoms with E-state index in [1.165, 1.54) is 6.07 Å². The fourth-order valence-corrected chi connectivity index (χ4v) is 4.06. The van der Waals surface area contributed by atoms with Crippen molar-refractivity contribution < 1.29 is 13.9 Å². The zero-order valence-corrected chi connectivity index (χ0v) is 14.7. The first-order valence-electron chi connectivity index (χ1n) is 9.02. The molecular weight excluding hydrogens is 335 g/mol. The number of anilines is 1. The Morgan fingerprint density at radius 3 is 3.00 bits per heavy atom. The first-order chi connectivity index (χ1) is 12.7. The Labute approximate surface area is 151 Å². The molecule has 2 aliphatic rings. The lowest BCUT2D eigenvalue weighted by molar-refractivity contribution is 0.0133. The monoisotopic (exact) mass is 358 g/mol. The van der Waals surface area contributed by atoms with Gasteiger partial charge in [0.15, 0.2) is 0 Å². The van der Waals surface area contributed by atoms with Gasteiger partial charge in [0.05, 0.1) is 13.2 Å². The van der Waals surface area contributed by atoms with Gasteiger partial charge in [0.2, 0.25) is 0 Å². The van der Waals surface area contributed by atoms with E-state index in [1.807, 2.05) is 11.0 Å². The fraction of sp³-hybridized carbons (Fsp3) is 0.474. The molecule has 2 fully saturated rings. The summed E-state index contributed by atoms with van der Waals surface area (Å²) in [7, 11) is 0. The van der Waals surface area contributed by atoms with Crippen LogP contribution in [0.1, 0.15) is 23.3 Å². The number of amides is 1. The van der Waals surface area contributed by atoms with Crippen molar-refractivity contribution in [2.45, 2.75) is 12.8 Å². The van der Waals surface area contributed by atoms with Crippen LogP contribution in [-0.4, -0.2) is 60.4 Å². The third-order valence-electron chi connectivity index (χ3n) is 5.29. The van der Waals surface area contributed by atoms with E-state index in [-0.39, 0.29) is 17.1 Å². The van der Waals surface area contributed by atoms with Crippen LogP contribution >= 0.6 is 0 Å². The van der Waals surface area contributed by atoms with Crippen LogP contribution in [0.3, 0.4) is 0 Å². The SMILES string of the molecule is O=C(c1ccn[nH]1)N1CCCC2(COCCN(c3cccc(F)c3)C2)C1. The summed E-state index contributed by atoms with van der Waals surface area (Å²) in [6, 6.07) is 8.39. The van der Waals surface area contributed by atoms with Crippen molar-refractivity contribution in [3.05, 3.63) is 48.0 Å². The second-order valence-electron chi connectivity index (χ2n) is 7.25. The van der Waals surface area contributed by atoms with Crippen molar-refractivity contribution in [1.29, 1.82) is 0 Å². The molecule has 1 unspecified atom stereocenters. The predicted octanol–water partition coefficient (Wildman–Crippen LogP) is 2.31. The number of piperidine rings is 1. The van der Waals surface area contributed by atoms with E-state index in [0.717, 1.165) is 38.2 Å². The van der Waals surface area contributed by atoms with Crippen LogP contribution < -0.4 is 4.90 Å². The second-order valence-corrected chi connectivity index (χ2v) is 7.25. The fourth-order valence-electron chi connectivity index (χ4n) is 4.06. The van der Waals surface area contributed by atoms with Crippen LogP contribution in [0.25, 0.3) is 0 Å². The van der Waals surface area contributed by atoms with Crippen LogP contribution in [0.5, 0.6) is 0 Å². The number of H-pyrrole nitrogens is 1. The lowest BCUT2D eigenvalue weighted by atomic mass is 9.80. The molecule has 6 nitrogen and oxygen atoms in total. The summed E-state index contributed by atoms with van der Waals surface area (Å²) in [4.78, 5) is 16.8. The number of nitrogens with zero attached hydrogens (tertiary/aromatic N) is 3. The van der Waals surface area contributed by atoms with Gasteiger partial charge in [-0.3, -0.25) is 9.89 Å². The van der Waals surface area contributed by atoms with E-state index < -0.39 is 0 Å². The zero-order valence-electron chi connectivity index (χ0n) is 14.7. The highest BCUT2D eigenvalue weighted by Gasteiger charge is 2.40. The highest BCUT2D eigenvalue weighted by Crippen LogP contribution is 2.35. The van der Waals surface area contributed by atoms with E-state index in [1.54, 1.807) is 24.4 Å². The van der Waals surface area contributed by atoms with Gasteiger partial charge in [0, 0.05) is 43.5 Å². The summed E-state index contributed by atoms with van der Waals surface area (Å²) in [6.07, 6.45) is 3.51. The van der Waals surface area contributed by atoms with Crippen molar-refractivity contribution in [3.8, 4) is 0 Å². The largest absolute Gasteiger partial charge is 0.379 e. The van der Waals surface area contributed by atoms with Gasteiger partial charge < -0.3 is 14.5 Å².